The third kappa shape index (κ3) is 3.02. The van der Waals surface area contributed by atoms with Crippen LogP contribution in [0.3, 0.4) is 0 Å². The molecule has 1 aliphatic rings. The predicted octanol–water partition coefficient (Wildman–Crippen LogP) is 3.04. The maximum atomic E-state index is 12.6. The Balaban J connectivity index is 1.96. The summed E-state index contributed by atoms with van der Waals surface area (Å²) in [5, 5.41) is 1.64. The summed E-state index contributed by atoms with van der Waals surface area (Å²) in [5.74, 6) is -1.41. The molecule has 0 aromatic carbocycles. The molecule has 2 amide bonds. The van der Waals surface area contributed by atoms with Crippen molar-refractivity contribution in [1.29, 1.82) is 0 Å². The molecule has 1 aliphatic heterocycles. The number of nitrogens with zero attached hydrogens (tertiary/aromatic N) is 2. The molecule has 6 nitrogen and oxygen atoms in total. The van der Waals surface area contributed by atoms with Gasteiger partial charge in [-0.2, -0.15) is 0 Å². The Bertz CT molecular complexity index is 874. The zero-order valence-electron chi connectivity index (χ0n) is 12.5. The van der Waals surface area contributed by atoms with E-state index >= 15 is 0 Å². The van der Waals surface area contributed by atoms with Gasteiger partial charge in [0.1, 0.15) is 9.48 Å². The lowest BCUT2D eigenvalue weighted by atomic mass is 10.2. The number of hydrogen-bond acceptors (Lipinski definition) is 6. The molecule has 3 heterocycles. The number of carbonyl (C=O) groups excluding carboxylic acids is 3. The van der Waals surface area contributed by atoms with Gasteiger partial charge in [0.2, 0.25) is 5.91 Å². The van der Waals surface area contributed by atoms with Gasteiger partial charge in [0.25, 0.3) is 5.91 Å². The first-order valence-corrected chi connectivity index (χ1v) is 8.54. The van der Waals surface area contributed by atoms with Crippen LogP contribution < -0.4 is 4.90 Å². The van der Waals surface area contributed by atoms with Crippen LogP contribution in [-0.4, -0.2) is 29.9 Å². The first kappa shape index (κ1) is 16.5. The Morgan fingerprint density at radius 2 is 2.17 bits per heavy atom. The molecular formula is C16H11BrN2O4S. The SMILES string of the molecule is COC(=O)c1sccc1N1C(=O)CC(=Cc2cccc(Br)n2)C1=O. The molecule has 0 aliphatic carbocycles. The number of pyridine rings is 1. The van der Waals surface area contributed by atoms with Gasteiger partial charge in [-0.3, -0.25) is 9.59 Å². The normalized spacial score (nSPS) is 16.1. The third-order valence-corrected chi connectivity index (χ3v) is 4.71. The van der Waals surface area contributed by atoms with Crippen LogP contribution in [0.15, 0.2) is 39.8 Å². The van der Waals surface area contributed by atoms with Crippen LogP contribution >= 0.6 is 27.3 Å². The summed E-state index contributed by atoms with van der Waals surface area (Å²) in [7, 11) is 1.25. The van der Waals surface area contributed by atoms with Gasteiger partial charge >= 0.3 is 5.97 Å². The van der Waals surface area contributed by atoms with E-state index in [1.807, 2.05) is 0 Å². The lowest BCUT2D eigenvalue weighted by molar-refractivity contribution is -0.120. The summed E-state index contributed by atoms with van der Waals surface area (Å²) in [6, 6.07) is 6.86. The Morgan fingerprint density at radius 3 is 2.88 bits per heavy atom. The van der Waals surface area contributed by atoms with Crippen LogP contribution in [-0.2, 0) is 14.3 Å². The molecule has 0 spiro atoms. The topological polar surface area (TPSA) is 76.6 Å². The van der Waals surface area contributed by atoms with Crippen molar-refractivity contribution in [2.24, 2.45) is 0 Å². The van der Waals surface area contributed by atoms with Gasteiger partial charge in [-0.1, -0.05) is 6.07 Å². The summed E-state index contributed by atoms with van der Waals surface area (Å²) >= 11 is 4.38. The Kier molecular flexibility index (Phi) is 4.59. The minimum absolute atomic E-state index is 0.0382. The van der Waals surface area contributed by atoms with Crippen LogP contribution in [0.2, 0.25) is 0 Å². The highest BCUT2D eigenvalue weighted by molar-refractivity contribution is 9.10. The van der Waals surface area contributed by atoms with E-state index in [1.165, 1.54) is 7.11 Å². The van der Waals surface area contributed by atoms with Crippen molar-refractivity contribution >= 4 is 56.8 Å². The minimum atomic E-state index is -0.577. The lowest BCUT2D eigenvalue weighted by Gasteiger charge is -2.13. The van der Waals surface area contributed by atoms with Crippen molar-refractivity contribution < 1.29 is 19.1 Å². The summed E-state index contributed by atoms with van der Waals surface area (Å²) in [6.45, 7) is 0. The number of rotatable bonds is 3. The molecule has 122 valence electrons. The van der Waals surface area contributed by atoms with E-state index in [9.17, 15) is 14.4 Å². The standard InChI is InChI=1S/C16H11BrN2O4S/c1-23-16(22)14-11(5-6-24-14)19-13(20)8-9(15(19)21)7-10-3-2-4-12(17)18-10/h2-7H,8H2,1H3. The predicted molar refractivity (Wildman–Crippen MR) is 92.7 cm³/mol. The lowest BCUT2D eigenvalue weighted by Crippen LogP contribution is -2.29. The average Bonchev–Trinajstić information content (AvgIpc) is 3.12. The summed E-state index contributed by atoms with van der Waals surface area (Å²) in [5.41, 5.74) is 1.15. The fraction of sp³-hybridized carbons (Fsp3) is 0.125. The van der Waals surface area contributed by atoms with Crippen molar-refractivity contribution in [3.05, 3.63) is 50.4 Å². The fourth-order valence-corrected chi connectivity index (χ4v) is 3.49. The number of carbonyl (C=O) groups is 3. The van der Waals surface area contributed by atoms with Crippen molar-refractivity contribution in [3.8, 4) is 0 Å². The van der Waals surface area contributed by atoms with Crippen LogP contribution in [0.4, 0.5) is 5.69 Å². The fourth-order valence-electron chi connectivity index (χ4n) is 2.34. The second kappa shape index (κ2) is 6.66. The first-order valence-electron chi connectivity index (χ1n) is 6.87. The second-order valence-corrected chi connectivity index (χ2v) is 6.62. The number of halogens is 1. The van der Waals surface area contributed by atoms with Crippen molar-refractivity contribution in [2.75, 3.05) is 12.0 Å². The Morgan fingerprint density at radius 1 is 1.38 bits per heavy atom. The van der Waals surface area contributed by atoms with Gasteiger partial charge in [0.15, 0.2) is 0 Å². The van der Waals surface area contributed by atoms with Gasteiger partial charge in [-0.15, -0.1) is 11.3 Å². The molecule has 0 N–H and O–H groups in total. The number of thiophene rings is 1. The van der Waals surface area contributed by atoms with E-state index in [4.69, 9.17) is 4.74 Å². The quantitative estimate of drug-likeness (QED) is 0.338. The van der Waals surface area contributed by atoms with Crippen molar-refractivity contribution in [3.63, 3.8) is 0 Å². The number of imide groups is 1. The molecule has 1 fully saturated rings. The average molecular weight is 407 g/mol. The van der Waals surface area contributed by atoms with Crippen LogP contribution in [0.5, 0.6) is 0 Å². The van der Waals surface area contributed by atoms with E-state index in [0.29, 0.717) is 15.9 Å². The number of esters is 1. The van der Waals surface area contributed by atoms with E-state index in [1.54, 1.807) is 35.7 Å². The highest BCUT2D eigenvalue weighted by Crippen LogP contribution is 2.33. The zero-order valence-corrected chi connectivity index (χ0v) is 14.9. The number of methoxy groups -OCH3 is 1. The van der Waals surface area contributed by atoms with E-state index in [0.717, 1.165) is 16.2 Å². The molecule has 3 rings (SSSR count). The number of anilines is 1. The van der Waals surface area contributed by atoms with Gasteiger partial charge < -0.3 is 4.74 Å². The molecule has 8 heteroatoms. The van der Waals surface area contributed by atoms with Crippen molar-refractivity contribution in [1.82, 2.24) is 4.98 Å². The molecule has 0 atom stereocenters. The highest BCUT2D eigenvalue weighted by atomic mass is 79.9. The van der Waals surface area contributed by atoms with Crippen LogP contribution in [0.25, 0.3) is 6.08 Å². The van der Waals surface area contributed by atoms with Gasteiger partial charge in [-0.25, -0.2) is 14.7 Å². The van der Waals surface area contributed by atoms with E-state index in [2.05, 4.69) is 20.9 Å². The molecular weight excluding hydrogens is 396 g/mol. The summed E-state index contributed by atoms with van der Waals surface area (Å²) < 4.78 is 5.33. The minimum Gasteiger partial charge on any atom is -0.465 e. The second-order valence-electron chi connectivity index (χ2n) is 4.89. The molecule has 2 aromatic rings. The van der Waals surface area contributed by atoms with Crippen LogP contribution in [0.1, 0.15) is 21.8 Å². The summed E-state index contributed by atoms with van der Waals surface area (Å²) in [6.07, 6.45) is 1.54. The molecule has 0 saturated carbocycles. The maximum Gasteiger partial charge on any atom is 0.350 e. The molecule has 0 radical (unpaired) electrons. The number of amides is 2. The number of aromatic nitrogens is 1. The molecule has 1 saturated heterocycles. The Hall–Kier alpha value is -2.32. The molecule has 0 bridgehead atoms. The zero-order chi connectivity index (χ0) is 17.3. The molecule has 0 unspecified atom stereocenters. The van der Waals surface area contributed by atoms with E-state index in [-0.39, 0.29) is 22.9 Å². The number of ether oxygens (including phenoxy) is 1. The summed E-state index contributed by atoms with van der Waals surface area (Å²) in [4.78, 5) is 42.2. The number of hydrogen-bond donors (Lipinski definition) is 0. The monoisotopic (exact) mass is 406 g/mol. The first-order chi connectivity index (χ1) is 11.5. The van der Waals surface area contributed by atoms with E-state index < -0.39 is 11.9 Å². The third-order valence-electron chi connectivity index (χ3n) is 3.38. The smallest absolute Gasteiger partial charge is 0.350 e. The Labute approximate surface area is 149 Å². The molecule has 2 aromatic heterocycles. The largest absolute Gasteiger partial charge is 0.465 e. The van der Waals surface area contributed by atoms with Gasteiger partial charge in [-0.05, 0) is 45.6 Å². The van der Waals surface area contributed by atoms with Gasteiger partial charge in [0, 0.05) is 5.57 Å². The van der Waals surface area contributed by atoms with Crippen molar-refractivity contribution in [2.45, 2.75) is 6.42 Å². The maximum absolute atomic E-state index is 12.6. The molecule has 24 heavy (non-hydrogen) atoms. The van der Waals surface area contributed by atoms with Crippen LogP contribution in [0, 0.1) is 0 Å². The highest BCUT2D eigenvalue weighted by Gasteiger charge is 2.37. The van der Waals surface area contributed by atoms with Gasteiger partial charge in [0.05, 0.1) is 24.9 Å².